The number of methoxy groups -OCH3 is 1. The van der Waals surface area contributed by atoms with E-state index in [1.54, 1.807) is 19.3 Å². The zero-order valence-electron chi connectivity index (χ0n) is 7.70. The highest BCUT2D eigenvalue weighted by Gasteiger charge is 2.31. The maximum absolute atomic E-state index is 11.1. The van der Waals surface area contributed by atoms with Gasteiger partial charge in [-0.1, -0.05) is 6.08 Å². The molecule has 1 saturated heterocycles. The van der Waals surface area contributed by atoms with E-state index in [2.05, 4.69) is 10.6 Å². The Bertz CT molecular complexity index is 346. The minimum Gasteiger partial charge on any atom is -0.497 e. The third kappa shape index (κ3) is 1.37. The summed E-state index contributed by atoms with van der Waals surface area (Å²) in [6.45, 7) is 0. The summed E-state index contributed by atoms with van der Waals surface area (Å²) >= 11 is 0. The molecule has 1 fully saturated rings. The molecule has 3 N–H and O–H groups in total. The first-order valence-electron chi connectivity index (χ1n) is 4.30. The molecule has 0 spiro atoms. The molecule has 1 heterocycles. The molecule has 0 bridgehead atoms. The van der Waals surface area contributed by atoms with E-state index >= 15 is 0 Å². The van der Waals surface area contributed by atoms with Crippen molar-refractivity contribution < 1.29 is 9.53 Å². The van der Waals surface area contributed by atoms with Gasteiger partial charge in [0.05, 0.1) is 19.1 Å². The first kappa shape index (κ1) is 8.80. The van der Waals surface area contributed by atoms with Crippen LogP contribution in [0.15, 0.2) is 24.0 Å². The second kappa shape index (κ2) is 3.17. The number of nitrogens with one attached hydrogen (secondary N) is 3. The second-order valence-corrected chi connectivity index (χ2v) is 3.20. The number of hydrogen-bond acceptors (Lipinski definition) is 3. The molecule has 2 unspecified atom stereocenters. The zero-order chi connectivity index (χ0) is 10.1. The van der Waals surface area contributed by atoms with E-state index in [1.807, 2.05) is 6.08 Å². The van der Waals surface area contributed by atoms with Crippen LogP contribution in [0, 0.1) is 11.3 Å². The Kier molecular flexibility index (Phi) is 1.99. The fraction of sp³-hybridized carbons (Fsp3) is 0.333. The lowest BCUT2D eigenvalue weighted by Crippen LogP contribution is -2.57. The molecule has 5 heteroatoms. The third-order valence-electron chi connectivity index (χ3n) is 2.31. The Labute approximate surface area is 81.3 Å². The Balaban J connectivity index is 2.23. The van der Waals surface area contributed by atoms with Crippen molar-refractivity contribution in [3.05, 3.63) is 24.0 Å². The normalized spacial score (nSPS) is 29.9. The molecule has 0 aromatic rings. The molecule has 0 saturated carbocycles. The molecule has 14 heavy (non-hydrogen) atoms. The summed E-state index contributed by atoms with van der Waals surface area (Å²) in [4.78, 5) is 11.1. The van der Waals surface area contributed by atoms with E-state index in [0.29, 0.717) is 5.76 Å². The van der Waals surface area contributed by atoms with Gasteiger partial charge in [0, 0.05) is 0 Å². The van der Waals surface area contributed by atoms with Crippen LogP contribution in [0.25, 0.3) is 0 Å². The fourth-order valence-corrected chi connectivity index (χ4v) is 1.59. The lowest BCUT2D eigenvalue weighted by molar-refractivity contribution is 0.237. The van der Waals surface area contributed by atoms with Gasteiger partial charge in [-0.2, -0.15) is 0 Å². The quantitative estimate of drug-likeness (QED) is 0.562. The summed E-state index contributed by atoms with van der Waals surface area (Å²) in [5, 5.41) is 12.7. The van der Waals surface area contributed by atoms with Crippen molar-refractivity contribution in [1.82, 2.24) is 10.6 Å². The SMILES string of the molecule is COC1=CC2NC(=O)NC(=N)C2C=C1. The highest BCUT2D eigenvalue weighted by Crippen LogP contribution is 2.19. The standard InChI is InChI=1S/C9H11N3O2/c1-14-5-2-3-6-7(4-5)11-9(13)12-8(6)10/h2-4,6-7H,1H3,(H3,10,11,12,13). The van der Waals surface area contributed by atoms with Crippen LogP contribution in [-0.2, 0) is 4.74 Å². The van der Waals surface area contributed by atoms with Gasteiger partial charge in [0.2, 0.25) is 0 Å². The number of carbonyl (C=O) groups excluding carboxylic acids is 1. The number of fused-ring (bicyclic) bond motifs is 1. The third-order valence-corrected chi connectivity index (χ3v) is 2.31. The van der Waals surface area contributed by atoms with Crippen molar-refractivity contribution >= 4 is 11.9 Å². The van der Waals surface area contributed by atoms with Crippen molar-refractivity contribution in [1.29, 1.82) is 5.41 Å². The van der Waals surface area contributed by atoms with Crippen LogP contribution in [0.5, 0.6) is 0 Å². The van der Waals surface area contributed by atoms with Gasteiger partial charge >= 0.3 is 6.03 Å². The number of carbonyl (C=O) groups is 1. The molecule has 0 aromatic heterocycles. The number of ether oxygens (including phenoxy) is 1. The van der Waals surface area contributed by atoms with Crippen LogP contribution >= 0.6 is 0 Å². The van der Waals surface area contributed by atoms with Crippen molar-refractivity contribution in [2.45, 2.75) is 6.04 Å². The molecule has 1 aliphatic carbocycles. The molecule has 2 atom stereocenters. The van der Waals surface area contributed by atoms with Crippen LogP contribution in [0.3, 0.4) is 0 Å². The smallest absolute Gasteiger partial charge is 0.320 e. The maximum Gasteiger partial charge on any atom is 0.320 e. The highest BCUT2D eigenvalue weighted by atomic mass is 16.5. The summed E-state index contributed by atoms with van der Waals surface area (Å²) in [5.41, 5.74) is 0. The zero-order valence-corrected chi connectivity index (χ0v) is 7.70. The summed E-state index contributed by atoms with van der Waals surface area (Å²) in [6.07, 6.45) is 5.45. The number of amides is 2. The van der Waals surface area contributed by atoms with E-state index in [0.717, 1.165) is 0 Å². The minimum atomic E-state index is -0.335. The van der Waals surface area contributed by atoms with Crippen LogP contribution < -0.4 is 10.6 Å². The molecule has 2 amide bonds. The van der Waals surface area contributed by atoms with Crippen LogP contribution in [-0.4, -0.2) is 25.0 Å². The summed E-state index contributed by atoms with van der Waals surface area (Å²) in [6, 6.07) is -0.505. The predicted molar refractivity (Wildman–Crippen MR) is 50.9 cm³/mol. The van der Waals surface area contributed by atoms with Crippen LogP contribution in [0.1, 0.15) is 0 Å². The summed E-state index contributed by atoms with van der Waals surface area (Å²) in [5.74, 6) is 0.828. The fourth-order valence-electron chi connectivity index (χ4n) is 1.59. The van der Waals surface area contributed by atoms with Crippen LogP contribution in [0.4, 0.5) is 4.79 Å². The Hall–Kier alpha value is -1.78. The molecular weight excluding hydrogens is 182 g/mol. The molecular formula is C9H11N3O2. The molecule has 2 rings (SSSR count). The predicted octanol–water partition coefficient (Wildman–Crippen LogP) is 0.361. The van der Waals surface area contributed by atoms with Crippen molar-refractivity contribution in [3.8, 4) is 0 Å². The molecule has 0 radical (unpaired) electrons. The number of amidine groups is 1. The summed E-state index contributed by atoms with van der Waals surface area (Å²) < 4.78 is 5.04. The van der Waals surface area contributed by atoms with E-state index in [-0.39, 0.29) is 23.8 Å². The number of urea groups is 1. The van der Waals surface area contributed by atoms with Crippen molar-refractivity contribution in [2.24, 2.45) is 5.92 Å². The van der Waals surface area contributed by atoms with E-state index < -0.39 is 0 Å². The van der Waals surface area contributed by atoms with Crippen LogP contribution in [0.2, 0.25) is 0 Å². The molecule has 5 nitrogen and oxygen atoms in total. The molecule has 0 aromatic carbocycles. The average molecular weight is 193 g/mol. The number of allylic oxidation sites excluding steroid dienone is 1. The maximum atomic E-state index is 11.1. The van der Waals surface area contributed by atoms with Crippen molar-refractivity contribution in [2.75, 3.05) is 7.11 Å². The molecule has 74 valence electrons. The minimum absolute atomic E-state index is 0.105. The second-order valence-electron chi connectivity index (χ2n) is 3.20. The Morgan fingerprint density at radius 3 is 3.07 bits per heavy atom. The average Bonchev–Trinajstić information content (AvgIpc) is 2.16. The first-order chi connectivity index (χ1) is 6.70. The molecule has 2 aliphatic rings. The van der Waals surface area contributed by atoms with Crippen molar-refractivity contribution in [3.63, 3.8) is 0 Å². The molecule has 1 aliphatic heterocycles. The Morgan fingerprint density at radius 1 is 1.57 bits per heavy atom. The summed E-state index contributed by atoms with van der Waals surface area (Å²) in [7, 11) is 1.57. The topological polar surface area (TPSA) is 74.2 Å². The first-order valence-corrected chi connectivity index (χ1v) is 4.30. The van der Waals surface area contributed by atoms with Gasteiger partial charge in [-0.25, -0.2) is 4.79 Å². The lowest BCUT2D eigenvalue weighted by Gasteiger charge is -2.31. The Morgan fingerprint density at radius 2 is 2.36 bits per heavy atom. The largest absolute Gasteiger partial charge is 0.497 e. The van der Waals surface area contributed by atoms with E-state index in [4.69, 9.17) is 10.1 Å². The van der Waals surface area contributed by atoms with E-state index in [9.17, 15) is 4.79 Å². The van der Waals surface area contributed by atoms with Gasteiger partial charge in [0.1, 0.15) is 11.6 Å². The van der Waals surface area contributed by atoms with Gasteiger partial charge in [-0.15, -0.1) is 0 Å². The van der Waals surface area contributed by atoms with Gasteiger partial charge in [-0.3, -0.25) is 10.7 Å². The van der Waals surface area contributed by atoms with Gasteiger partial charge in [0.25, 0.3) is 0 Å². The highest BCUT2D eigenvalue weighted by molar-refractivity contribution is 6.01. The van der Waals surface area contributed by atoms with Gasteiger partial charge < -0.3 is 10.1 Å². The monoisotopic (exact) mass is 193 g/mol. The van der Waals surface area contributed by atoms with Gasteiger partial charge in [-0.05, 0) is 12.2 Å². The number of hydrogen-bond donors (Lipinski definition) is 3. The van der Waals surface area contributed by atoms with E-state index in [1.165, 1.54) is 0 Å². The van der Waals surface area contributed by atoms with Gasteiger partial charge in [0.15, 0.2) is 0 Å². The number of rotatable bonds is 1. The lowest BCUT2D eigenvalue weighted by atomic mass is 9.92.